The van der Waals surface area contributed by atoms with Crippen LogP contribution in [0, 0.1) is 0 Å². The van der Waals surface area contributed by atoms with Crippen LogP contribution in [-0.2, 0) is 12.8 Å². The fourth-order valence-corrected chi connectivity index (χ4v) is 7.52. The Morgan fingerprint density at radius 1 is 0.511 bits per heavy atom. The van der Waals surface area contributed by atoms with Crippen LogP contribution >= 0.6 is 22.7 Å². The summed E-state index contributed by atoms with van der Waals surface area (Å²) >= 11 is 3.61. The van der Waals surface area contributed by atoms with Crippen LogP contribution < -0.4 is 4.90 Å². The van der Waals surface area contributed by atoms with E-state index in [1.54, 1.807) is 22.7 Å². The third-order valence-electron chi connectivity index (χ3n) is 7.79. The first-order valence-corrected chi connectivity index (χ1v) is 16.8. The Balaban J connectivity index is 1.19. The van der Waals surface area contributed by atoms with Gasteiger partial charge in [-0.2, -0.15) is 0 Å². The molecule has 0 aliphatic carbocycles. The van der Waals surface area contributed by atoms with Crippen LogP contribution in [0.4, 0.5) is 16.4 Å². The van der Waals surface area contributed by atoms with Crippen molar-refractivity contribution in [2.75, 3.05) is 4.90 Å². The predicted molar refractivity (Wildman–Crippen MR) is 191 cm³/mol. The first kappa shape index (κ1) is 28.8. The number of aryl methyl sites for hydroxylation is 2. The van der Waals surface area contributed by atoms with Gasteiger partial charge in [-0.15, -0.1) is 22.7 Å². The van der Waals surface area contributed by atoms with Crippen molar-refractivity contribution in [2.45, 2.75) is 26.7 Å². The van der Waals surface area contributed by atoms with E-state index < -0.39 is 0 Å². The lowest BCUT2D eigenvalue weighted by Gasteiger charge is -2.23. The molecule has 0 aliphatic heterocycles. The Hall–Kier alpha value is -4.91. The summed E-state index contributed by atoms with van der Waals surface area (Å²) in [6, 6.07) is 42.7. The Morgan fingerprint density at radius 3 is 1.73 bits per heavy atom. The van der Waals surface area contributed by atoms with Gasteiger partial charge in [0, 0.05) is 38.4 Å². The number of hydrogen-bond acceptors (Lipinski definition) is 6. The second-order valence-corrected chi connectivity index (χ2v) is 12.9. The van der Waals surface area contributed by atoms with Gasteiger partial charge < -0.3 is 4.90 Å². The summed E-state index contributed by atoms with van der Waals surface area (Å²) in [5, 5.41) is 1.18. The van der Waals surface area contributed by atoms with Crippen molar-refractivity contribution >= 4 is 39.0 Å². The van der Waals surface area contributed by atoms with E-state index in [0.29, 0.717) is 0 Å². The van der Waals surface area contributed by atoms with Crippen molar-refractivity contribution in [3.63, 3.8) is 0 Å². The minimum atomic E-state index is 0.866. The molecule has 0 spiro atoms. The normalized spacial score (nSPS) is 11.1. The molecule has 0 unspecified atom stereocenters. The highest BCUT2D eigenvalue weighted by Gasteiger charge is 2.16. The molecule has 45 heavy (non-hydrogen) atoms. The molecule has 0 amide bonds. The SMILES string of the molecule is CCc1ccnc(-c2cc(CC)cc(-c3cc(-c4ccc(-c5ccc(N(c6ccccc6)c6ccccc6)s5)s4)ccn3)n2)c1. The maximum absolute atomic E-state index is 5.03. The lowest BCUT2D eigenvalue weighted by molar-refractivity contribution is 1.10. The van der Waals surface area contributed by atoms with Gasteiger partial charge in [-0.05, 0) is 114 Å². The molecular formula is C39H32N4S2. The molecule has 0 N–H and O–H groups in total. The van der Waals surface area contributed by atoms with E-state index >= 15 is 0 Å². The minimum Gasteiger partial charge on any atom is -0.302 e. The number of rotatable bonds is 9. The van der Waals surface area contributed by atoms with Crippen LogP contribution in [0.3, 0.4) is 0 Å². The molecule has 0 atom stereocenters. The molecule has 5 aromatic heterocycles. The van der Waals surface area contributed by atoms with Gasteiger partial charge in [-0.25, -0.2) is 4.98 Å². The van der Waals surface area contributed by atoms with Gasteiger partial charge >= 0.3 is 0 Å². The molecule has 6 heteroatoms. The molecule has 7 rings (SSSR count). The molecule has 5 heterocycles. The van der Waals surface area contributed by atoms with Crippen LogP contribution in [0.15, 0.2) is 134 Å². The van der Waals surface area contributed by atoms with Gasteiger partial charge in [-0.3, -0.25) is 9.97 Å². The largest absolute Gasteiger partial charge is 0.302 e. The fourth-order valence-electron chi connectivity index (χ4n) is 5.38. The van der Waals surface area contributed by atoms with Crippen molar-refractivity contribution in [2.24, 2.45) is 0 Å². The van der Waals surface area contributed by atoms with Crippen molar-refractivity contribution in [1.29, 1.82) is 0 Å². The number of nitrogens with zero attached hydrogens (tertiary/aromatic N) is 4. The molecule has 0 saturated heterocycles. The monoisotopic (exact) mass is 620 g/mol. The Labute approximate surface area is 272 Å². The summed E-state index contributed by atoms with van der Waals surface area (Å²) < 4.78 is 0. The Morgan fingerprint density at radius 2 is 1.07 bits per heavy atom. The first-order chi connectivity index (χ1) is 22.2. The number of thiophene rings is 2. The van der Waals surface area contributed by atoms with Gasteiger partial charge in [0.2, 0.25) is 0 Å². The van der Waals surface area contributed by atoms with Crippen molar-refractivity contribution in [3.05, 3.63) is 145 Å². The zero-order valence-corrected chi connectivity index (χ0v) is 26.9. The van der Waals surface area contributed by atoms with Gasteiger partial charge in [0.1, 0.15) is 5.00 Å². The number of benzene rings is 2. The molecule has 0 saturated carbocycles. The average Bonchev–Trinajstić information content (AvgIpc) is 3.80. The van der Waals surface area contributed by atoms with Gasteiger partial charge in [0.05, 0.1) is 22.8 Å². The second-order valence-electron chi connectivity index (χ2n) is 10.7. The van der Waals surface area contributed by atoms with Crippen LogP contribution in [0.25, 0.3) is 43.0 Å². The van der Waals surface area contributed by atoms with Crippen LogP contribution in [0.1, 0.15) is 25.0 Å². The second kappa shape index (κ2) is 13.0. The van der Waals surface area contributed by atoms with Gasteiger partial charge in [0.15, 0.2) is 0 Å². The number of hydrogen-bond donors (Lipinski definition) is 0. The van der Waals surface area contributed by atoms with E-state index in [2.05, 4.69) is 145 Å². The fraction of sp³-hybridized carbons (Fsp3) is 0.103. The van der Waals surface area contributed by atoms with Gasteiger partial charge in [0.25, 0.3) is 0 Å². The molecule has 0 fully saturated rings. The number of aromatic nitrogens is 3. The molecule has 0 radical (unpaired) electrons. The van der Waals surface area contributed by atoms with E-state index in [1.165, 1.54) is 30.8 Å². The van der Waals surface area contributed by atoms with E-state index in [4.69, 9.17) is 9.97 Å². The van der Waals surface area contributed by atoms with E-state index in [9.17, 15) is 0 Å². The topological polar surface area (TPSA) is 41.9 Å². The van der Waals surface area contributed by atoms with Crippen molar-refractivity contribution in [3.8, 4) is 43.0 Å². The van der Waals surface area contributed by atoms with Crippen LogP contribution in [0.2, 0.25) is 0 Å². The lowest BCUT2D eigenvalue weighted by Crippen LogP contribution is -2.07. The molecule has 0 aliphatic rings. The summed E-state index contributed by atoms with van der Waals surface area (Å²) in [6.07, 6.45) is 5.64. The quantitative estimate of drug-likeness (QED) is 0.161. The number of para-hydroxylation sites is 2. The Kier molecular flexibility index (Phi) is 8.32. The lowest BCUT2D eigenvalue weighted by atomic mass is 10.1. The third kappa shape index (κ3) is 6.21. The molecule has 2 aromatic carbocycles. The molecule has 4 nitrogen and oxygen atoms in total. The highest BCUT2D eigenvalue weighted by atomic mass is 32.1. The summed E-state index contributed by atoms with van der Waals surface area (Å²) in [5.41, 5.74) is 9.43. The standard InChI is InChI=1S/C39H32N4S2/c1-3-27-19-21-40-32(23-27)34-24-28(4-2)25-35(42-34)33-26-29(20-22-41-33)36-15-16-37(44-36)38-17-18-39(45-38)43(30-11-7-5-8-12-30)31-13-9-6-10-14-31/h5-26H,3-4H2,1-2H3. The highest BCUT2D eigenvalue weighted by Crippen LogP contribution is 2.44. The molecule has 220 valence electrons. The number of pyridine rings is 3. The van der Waals surface area contributed by atoms with Crippen LogP contribution in [-0.4, -0.2) is 15.0 Å². The summed E-state index contributed by atoms with van der Waals surface area (Å²) in [4.78, 5) is 20.4. The smallest absolute Gasteiger partial charge is 0.101 e. The van der Waals surface area contributed by atoms with E-state index in [-0.39, 0.29) is 0 Å². The van der Waals surface area contributed by atoms with E-state index in [1.807, 2.05) is 12.4 Å². The third-order valence-corrected chi connectivity index (χ3v) is 10.2. The zero-order chi connectivity index (χ0) is 30.6. The summed E-state index contributed by atoms with van der Waals surface area (Å²) in [7, 11) is 0. The predicted octanol–water partition coefficient (Wildman–Crippen LogP) is 11.3. The average molecular weight is 621 g/mol. The summed E-state index contributed by atoms with van der Waals surface area (Å²) in [6.45, 7) is 4.33. The van der Waals surface area contributed by atoms with Gasteiger partial charge in [-0.1, -0.05) is 50.2 Å². The summed E-state index contributed by atoms with van der Waals surface area (Å²) in [5.74, 6) is 0. The van der Waals surface area contributed by atoms with Crippen molar-refractivity contribution in [1.82, 2.24) is 15.0 Å². The Bertz CT molecular complexity index is 2010. The maximum Gasteiger partial charge on any atom is 0.101 e. The maximum atomic E-state index is 5.03. The minimum absolute atomic E-state index is 0.866. The highest BCUT2D eigenvalue weighted by molar-refractivity contribution is 7.25. The molecule has 0 bridgehead atoms. The van der Waals surface area contributed by atoms with E-state index in [0.717, 1.165) is 52.6 Å². The number of anilines is 3. The molecule has 7 aromatic rings. The van der Waals surface area contributed by atoms with Crippen LogP contribution in [0.5, 0.6) is 0 Å². The zero-order valence-electron chi connectivity index (χ0n) is 25.2. The van der Waals surface area contributed by atoms with Crippen molar-refractivity contribution < 1.29 is 0 Å². The first-order valence-electron chi connectivity index (χ1n) is 15.2. The molecular weight excluding hydrogens is 589 g/mol.